The van der Waals surface area contributed by atoms with Crippen molar-refractivity contribution in [3.63, 3.8) is 0 Å². The van der Waals surface area contributed by atoms with Crippen LogP contribution in [0.5, 0.6) is 0 Å². The van der Waals surface area contributed by atoms with Crippen LogP contribution in [-0.4, -0.2) is 46.9 Å². The number of hydrogen-bond donors (Lipinski definition) is 2. The first-order chi connectivity index (χ1) is 12.9. The van der Waals surface area contributed by atoms with Crippen LogP contribution in [-0.2, 0) is 16.1 Å². The van der Waals surface area contributed by atoms with Crippen molar-refractivity contribution in [1.29, 1.82) is 0 Å². The molecule has 1 saturated carbocycles. The van der Waals surface area contributed by atoms with E-state index in [1.54, 1.807) is 6.07 Å². The predicted octanol–water partition coefficient (Wildman–Crippen LogP) is 1.93. The molecule has 1 aromatic carbocycles. The molecular weight excluding hydrogens is 351 g/mol. The number of benzene rings is 1. The van der Waals surface area contributed by atoms with E-state index in [-0.39, 0.29) is 18.1 Å². The molecule has 8 heteroatoms. The first kappa shape index (κ1) is 19.3. The number of nitrogens with one attached hydrogen (secondary N) is 2. The van der Waals surface area contributed by atoms with Crippen molar-refractivity contribution in [1.82, 2.24) is 20.7 Å². The van der Waals surface area contributed by atoms with Gasteiger partial charge in [-0.05, 0) is 37.6 Å². The molecule has 146 valence electrons. The van der Waals surface area contributed by atoms with Crippen LogP contribution in [0, 0.1) is 5.82 Å². The van der Waals surface area contributed by atoms with E-state index in [9.17, 15) is 18.8 Å². The van der Waals surface area contributed by atoms with E-state index in [4.69, 9.17) is 0 Å². The molecule has 27 heavy (non-hydrogen) atoms. The Morgan fingerprint density at radius 1 is 1.30 bits per heavy atom. The molecule has 1 aliphatic carbocycles. The fourth-order valence-corrected chi connectivity index (χ4v) is 3.72. The Morgan fingerprint density at radius 2 is 2.04 bits per heavy atom. The van der Waals surface area contributed by atoms with Gasteiger partial charge in [0.2, 0.25) is 5.91 Å². The van der Waals surface area contributed by atoms with E-state index in [1.807, 2.05) is 18.0 Å². The molecule has 1 spiro atoms. The summed E-state index contributed by atoms with van der Waals surface area (Å²) >= 11 is 0. The largest absolute Gasteiger partial charge is 0.344 e. The molecule has 1 heterocycles. The Morgan fingerprint density at radius 3 is 2.74 bits per heavy atom. The molecule has 3 rings (SSSR count). The summed E-state index contributed by atoms with van der Waals surface area (Å²) in [6, 6.07) is 5.73. The Hall–Kier alpha value is -2.48. The van der Waals surface area contributed by atoms with Gasteiger partial charge in [-0.3, -0.25) is 15.0 Å². The molecule has 0 atom stereocenters. The van der Waals surface area contributed by atoms with Gasteiger partial charge in [0.25, 0.3) is 5.91 Å². The van der Waals surface area contributed by atoms with Gasteiger partial charge in [-0.2, -0.15) is 5.01 Å². The van der Waals surface area contributed by atoms with Crippen molar-refractivity contribution in [2.24, 2.45) is 0 Å². The van der Waals surface area contributed by atoms with Gasteiger partial charge >= 0.3 is 6.03 Å². The molecule has 0 bridgehead atoms. The fourth-order valence-electron chi connectivity index (χ4n) is 3.72. The van der Waals surface area contributed by atoms with Crippen LogP contribution in [0.25, 0.3) is 0 Å². The van der Waals surface area contributed by atoms with E-state index >= 15 is 0 Å². The first-order valence-electron chi connectivity index (χ1n) is 9.29. The minimum Gasteiger partial charge on any atom is -0.322 e. The molecular formula is C19H25FN4O3. The second-order valence-electron chi connectivity index (χ2n) is 7.37. The highest BCUT2D eigenvalue weighted by atomic mass is 19.1. The number of rotatable bonds is 6. The minimum absolute atomic E-state index is 0.121. The molecule has 2 aliphatic rings. The molecule has 0 radical (unpaired) electrons. The Labute approximate surface area is 157 Å². The predicted molar refractivity (Wildman–Crippen MR) is 96.7 cm³/mol. The number of carbonyl (C=O) groups excluding carboxylic acids is 3. The third-order valence-electron chi connectivity index (χ3n) is 5.17. The SMILES string of the molecule is CN(CCC(=O)NN1C(=O)NC2(CCCCC2)C1=O)Cc1cccc(F)c1. The number of nitrogens with zero attached hydrogens (tertiary/aromatic N) is 2. The third kappa shape index (κ3) is 4.44. The second-order valence-corrected chi connectivity index (χ2v) is 7.37. The van der Waals surface area contributed by atoms with Crippen LogP contribution in [0.2, 0.25) is 0 Å². The van der Waals surface area contributed by atoms with Gasteiger partial charge in [0.1, 0.15) is 11.4 Å². The average Bonchev–Trinajstić information content (AvgIpc) is 2.85. The lowest BCUT2D eigenvalue weighted by molar-refractivity contribution is -0.140. The van der Waals surface area contributed by atoms with E-state index < -0.39 is 17.5 Å². The molecule has 1 saturated heterocycles. The molecule has 0 aromatic heterocycles. The van der Waals surface area contributed by atoms with Crippen molar-refractivity contribution in [3.05, 3.63) is 35.6 Å². The lowest BCUT2D eigenvalue weighted by Gasteiger charge is -2.30. The van der Waals surface area contributed by atoms with Crippen LogP contribution in [0.15, 0.2) is 24.3 Å². The van der Waals surface area contributed by atoms with Gasteiger partial charge in [-0.1, -0.05) is 31.4 Å². The van der Waals surface area contributed by atoms with Gasteiger partial charge in [0, 0.05) is 19.5 Å². The Balaban J connectivity index is 1.49. The lowest BCUT2D eigenvalue weighted by atomic mass is 9.82. The number of hydrogen-bond acceptors (Lipinski definition) is 4. The number of hydrazine groups is 1. The van der Waals surface area contributed by atoms with Gasteiger partial charge in [-0.15, -0.1) is 0 Å². The maximum absolute atomic E-state index is 13.2. The number of amides is 4. The maximum atomic E-state index is 13.2. The topological polar surface area (TPSA) is 81.8 Å². The Kier molecular flexibility index (Phi) is 5.74. The molecule has 0 unspecified atom stereocenters. The number of carbonyl (C=O) groups is 3. The zero-order valence-electron chi connectivity index (χ0n) is 15.5. The van der Waals surface area contributed by atoms with Crippen LogP contribution in [0.3, 0.4) is 0 Å². The Bertz CT molecular complexity index is 733. The first-order valence-corrected chi connectivity index (χ1v) is 9.29. The maximum Gasteiger partial charge on any atom is 0.344 e. The molecule has 1 aliphatic heterocycles. The molecule has 7 nitrogen and oxygen atoms in total. The highest BCUT2D eigenvalue weighted by molar-refractivity contribution is 6.08. The normalized spacial score (nSPS) is 18.9. The van der Waals surface area contributed by atoms with Crippen molar-refractivity contribution in [2.75, 3.05) is 13.6 Å². The zero-order valence-corrected chi connectivity index (χ0v) is 15.5. The standard InChI is InChI=1S/C19H25FN4O3/c1-23(13-14-6-5-7-15(20)12-14)11-8-16(25)22-24-17(26)19(21-18(24)27)9-3-2-4-10-19/h5-7,12H,2-4,8-11,13H2,1H3,(H,21,27)(H,22,25). The van der Waals surface area contributed by atoms with Crippen LogP contribution >= 0.6 is 0 Å². The fraction of sp³-hybridized carbons (Fsp3) is 0.526. The van der Waals surface area contributed by atoms with E-state index in [1.165, 1.54) is 12.1 Å². The van der Waals surface area contributed by atoms with Crippen molar-refractivity contribution >= 4 is 17.8 Å². The summed E-state index contributed by atoms with van der Waals surface area (Å²) in [6.45, 7) is 0.911. The molecule has 2 fully saturated rings. The summed E-state index contributed by atoms with van der Waals surface area (Å²) in [5.41, 5.74) is 2.39. The molecule has 1 aromatic rings. The number of imide groups is 1. The van der Waals surface area contributed by atoms with Gasteiger partial charge in [0.15, 0.2) is 0 Å². The van der Waals surface area contributed by atoms with Gasteiger partial charge in [-0.25, -0.2) is 9.18 Å². The minimum atomic E-state index is -0.850. The van der Waals surface area contributed by atoms with Gasteiger partial charge in [0.05, 0.1) is 0 Å². The summed E-state index contributed by atoms with van der Waals surface area (Å²) in [5, 5.41) is 3.57. The van der Waals surface area contributed by atoms with Crippen LogP contribution < -0.4 is 10.7 Å². The van der Waals surface area contributed by atoms with Crippen molar-refractivity contribution in [3.8, 4) is 0 Å². The highest BCUT2D eigenvalue weighted by Gasteiger charge is 2.52. The average molecular weight is 376 g/mol. The number of halogens is 1. The summed E-state index contributed by atoms with van der Waals surface area (Å²) in [7, 11) is 1.82. The number of urea groups is 1. The zero-order chi connectivity index (χ0) is 19.4. The van der Waals surface area contributed by atoms with E-state index in [0.29, 0.717) is 25.9 Å². The molecule has 4 amide bonds. The summed E-state index contributed by atoms with van der Waals surface area (Å²) in [4.78, 5) is 38.8. The second kappa shape index (κ2) is 8.04. The van der Waals surface area contributed by atoms with Crippen molar-refractivity contribution in [2.45, 2.75) is 50.6 Å². The highest BCUT2D eigenvalue weighted by Crippen LogP contribution is 2.32. The lowest BCUT2D eigenvalue weighted by Crippen LogP contribution is -2.51. The van der Waals surface area contributed by atoms with E-state index in [0.717, 1.165) is 29.8 Å². The summed E-state index contributed by atoms with van der Waals surface area (Å²) in [6.07, 6.45) is 4.17. The van der Waals surface area contributed by atoms with Gasteiger partial charge < -0.3 is 10.2 Å². The van der Waals surface area contributed by atoms with Crippen molar-refractivity contribution < 1.29 is 18.8 Å². The summed E-state index contributed by atoms with van der Waals surface area (Å²) < 4.78 is 13.2. The van der Waals surface area contributed by atoms with Crippen LogP contribution in [0.1, 0.15) is 44.1 Å². The third-order valence-corrected chi connectivity index (χ3v) is 5.17. The monoisotopic (exact) mass is 376 g/mol. The summed E-state index contributed by atoms with van der Waals surface area (Å²) in [5.74, 6) is -1.07. The quantitative estimate of drug-likeness (QED) is 0.744. The van der Waals surface area contributed by atoms with E-state index in [2.05, 4.69) is 10.7 Å². The smallest absolute Gasteiger partial charge is 0.322 e. The molecule has 2 N–H and O–H groups in total. The van der Waals surface area contributed by atoms with Crippen LogP contribution in [0.4, 0.5) is 9.18 Å².